The van der Waals surface area contributed by atoms with E-state index >= 15 is 0 Å². The van der Waals surface area contributed by atoms with E-state index in [1.807, 2.05) is 0 Å². The monoisotopic (exact) mass is 293 g/mol. The quantitative estimate of drug-likeness (QED) is 0.710. The third kappa shape index (κ3) is 5.27. The van der Waals surface area contributed by atoms with E-state index in [0.717, 1.165) is 18.9 Å². The van der Waals surface area contributed by atoms with Gasteiger partial charge in [0.2, 0.25) is 0 Å². The van der Waals surface area contributed by atoms with Gasteiger partial charge in [0.1, 0.15) is 11.5 Å². The van der Waals surface area contributed by atoms with Crippen LogP contribution in [-0.4, -0.2) is 39.9 Å². The van der Waals surface area contributed by atoms with Crippen molar-refractivity contribution in [3.63, 3.8) is 0 Å². The van der Waals surface area contributed by atoms with Gasteiger partial charge in [0.05, 0.1) is 14.2 Å². The molecule has 0 bridgehead atoms. The Balaban J connectivity index is 1.73. The first-order chi connectivity index (χ1) is 10.2. The van der Waals surface area contributed by atoms with Crippen molar-refractivity contribution in [1.82, 2.24) is 5.32 Å². The normalized spacial score (nSPS) is 13.8. The molecule has 1 fully saturated rings. The van der Waals surface area contributed by atoms with E-state index in [9.17, 15) is 4.79 Å². The van der Waals surface area contributed by atoms with Crippen molar-refractivity contribution in [1.29, 1.82) is 0 Å². The second kappa shape index (κ2) is 7.88. The molecule has 0 radical (unpaired) electrons. The number of amides is 1. The van der Waals surface area contributed by atoms with Crippen molar-refractivity contribution in [2.45, 2.75) is 19.3 Å². The molecule has 1 amide bonds. The molecule has 1 aliphatic rings. The molecular weight excluding hydrogens is 270 g/mol. The van der Waals surface area contributed by atoms with Gasteiger partial charge in [0.15, 0.2) is 0 Å². The first-order valence-electron chi connectivity index (χ1n) is 7.32. The topological polar surface area (TPSA) is 56.8 Å². The summed E-state index contributed by atoms with van der Waals surface area (Å²) in [6.07, 6.45) is 3.42. The summed E-state index contributed by atoms with van der Waals surface area (Å²) in [7, 11) is 3.13. The maximum absolute atomic E-state index is 12.1. The summed E-state index contributed by atoms with van der Waals surface area (Å²) in [5, 5.41) is 2.88. The fourth-order valence-electron chi connectivity index (χ4n) is 1.95. The van der Waals surface area contributed by atoms with Crippen LogP contribution in [0.1, 0.15) is 29.6 Å². The van der Waals surface area contributed by atoms with Crippen LogP contribution in [0, 0.1) is 5.92 Å². The molecule has 0 aliphatic heterocycles. The number of hydrogen-bond acceptors (Lipinski definition) is 4. The number of benzene rings is 1. The van der Waals surface area contributed by atoms with Gasteiger partial charge in [-0.05, 0) is 37.3 Å². The van der Waals surface area contributed by atoms with Crippen LogP contribution in [0.3, 0.4) is 0 Å². The van der Waals surface area contributed by atoms with Gasteiger partial charge in [-0.2, -0.15) is 0 Å². The summed E-state index contributed by atoms with van der Waals surface area (Å²) >= 11 is 0. The molecule has 1 aromatic rings. The van der Waals surface area contributed by atoms with E-state index in [1.165, 1.54) is 12.8 Å². The van der Waals surface area contributed by atoms with E-state index < -0.39 is 0 Å². The molecule has 0 saturated heterocycles. The molecule has 0 unspecified atom stereocenters. The Morgan fingerprint density at radius 1 is 1.19 bits per heavy atom. The molecule has 116 valence electrons. The van der Waals surface area contributed by atoms with Crippen molar-refractivity contribution in [3.05, 3.63) is 23.8 Å². The number of carbonyl (C=O) groups is 1. The van der Waals surface area contributed by atoms with Gasteiger partial charge in [0.25, 0.3) is 5.91 Å². The minimum absolute atomic E-state index is 0.130. The third-order valence-corrected chi connectivity index (χ3v) is 3.42. The van der Waals surface area contributed by atoms with Crippen LogP contribution in [0.25, 0.3) is 0 Å². The average Bonchev–Trinajstić information content (AvgIpc) is 3.34. The highest BCUT2D eigenvalue weighted by Gasteiger charge is 2.20. The predicted octanol–water partition coefficient (Wildman–Crippen LogP) is 2.25. The summed E-state index contributed by atoms with van der Waals surface area (Å²) in [5.41, 5.74) is 0.532. The van der Waals surface area contributed by atoms with Crippen molar-refractivity contribution < 1.29 is 19.0 Å². The van der Waals surface area contributed by atoms with Crippen LogP contribution in [-0.2, 0) is 4.74 Å². The van der Waals surface area contributed by atoms with Gasteiger partial charge >= 0.3 is 0 Å². The number of nitrogens with one attached hydrogen (secondary N) is 1. The molecule has 5 nitrogen and oxygen atoms in total. The summed E-state index contributed by atoms with van der Waals surface area (Å²) in [5.74, 6) is 1.86. The average molecular weight is 293 g/mol. The lowest BCUT2D eigenvalue weighted by Crippen LogP contribution is -2.25. The summed E-state index contributed by atoms with van der Waals surface area (Å²) < 4.78 is 15.8. The molecule has 2 rings (SSSR count). The molecule has 1 saturated carbocycles. The number of hydrogen-bond donors (Lipinski definition) is 1. The maximum atomic E-state index is 12.1. The molecule has 0 heterocycles. The summed E-state index contributed by atoms with van der Waals surface area (Å²) in [6.45, 7) is 2.16. The molecule has 0 spiro atoms. The van der Waals surface area contributed by atoms with Gasteiger partial charge in [-0.1, -0.05) is 0 Å². The number of rotatable bonds is 9. The highest BCUT2D eigenvalue weighted by molar-refractivity contribution is 5.95. The SMILES string of the molecule is COc1cc(OC)cc(C(=O)NCCCOCC2CC2)c1. The van der Waals surface area contributed by atoms with Crippen LogP contribution in [0.15, 0.2) is 18.2 Å². The van der Waals surface area contributed by atoms with E-state index in [1.54, 1.807) is 32.4 Å². The maximum Gasteiger partial charge on any atom is 0.251 e. The number of methoxy groups -OCH3 is 2. The lowest BCUT2D eigenvalue weighted by molar-refractivity contribution is 0.0936. The lowest BCUT2D eigenvalue weighted by Gasteiger charge is -2.09. The fourth-order valence-corrected chi connectivity index (χ4v) is 1.95. The Morgan fingerprint density at radius 2 is 1.86 bits per heavy atom. The molecule has 1 aliphatic carbocycles. The minimum atomic E-state index is -0.130. The predicted molar refractivity (Wildman–Crippen MR) is 80.0 cm³/mol. The zero-order valence-electron chi connectivity index (χ0n) is 12.7. The minimum Gasteiger partial charge on any atom is -0.497 e. The first-order valence-corrected chi connectivity index (χ1v) is 7.32. The zero-order valence-corrected chi connectivity index (χ0v) is 12.7. The van der Waals surface area contributed by atoms with Crippen molar-refractivity contribution in [3.8, 4) is 11.5 Å². The lowest BCUT2D eigenvalue weighted by atomic mass is 10.2. The van der Waals surface area contributed by atoms with Crippen molar-refractivity contribution in [2.24, 2.45) is 5.92 Å². The first kappa shape index (κ1) is 15.6. The molecular formula is C16H23NO4. The van der Waals surface area contributed by atoms with Crippen LogP contribution in [0.5, 0.6) is 11.5 Å². The van der Waals surface area contributed by atoms with E-state index in [-0.39, 0.29) is 5.91 Å². The Kier molecular flexibility index (Phi) is 5.87. The molecule has 1 aromatic carbocycles. The number of carbonyl (C=O) groups excluding carboxylic acids is 1. The zero-order chi connectivity index (χ0) is 15.1. The summed E-state index contributed by atoms with van der Waals surface area (Å²) in [6, 6.07) is 5.13. The molecule has 1 N–H and O–H groups in total. The van der Waals surface area contributed by atoms with E-state index in [0.29, 0.717) is 30.2 Å². The molecule has 21 heavy (non-hydrogen) atoms. The van der Waals surface area contributed by atoms with Crippen LogP contribution < -0.4 is 14.8 Å². The van der Waals surface area contributed by atoms with Crippen molar-refractivity contribution >= 4 is 5.91 Å². The Labute approximate surface area is 125 Å². The van der Waals surface area contributed by atoms with Gasteiger partial charge in [-0.3, -0.25) is 4.79 Å². The largest absolute Gasteiger partial charge is 0.497 e. The molecule has 0 aromatic heterocycles. The van der Waals surface area contributed by atoms with E-state index in [4.69, 9.17) is 14.2 Å². The second-order valence-electron chi connectivity index (χ2n) is 5.23. The standard InChI is InChI=1S/C16H23NO4/c1-19-14-8-13(9-15(10-14)20-2)16(18)17-6-3-7-21-11-12-4-5-12/h8-10,12H,3-7,11H2,1-2H3,(H,17,18). The van der Waals surface area contributed by atoms with Crippen LogP contribution in [0.2, 0.25) is 0 Å². The third-order valence-electron chi connectivity index (χ3n) is 3.42. The Morgan fingerprint density at radius 3 is 2.43 bits per heavy atom. The molecule has 5 heteroatoms. The van der Waals surface area contributed by atoms with Gasteiger partial charge in [-0.15, -0.1) is 0 Å². The summed E-state index contributed by atoms with van der Waals surface area (Å²) in [4.78, 5) is 12.1. The fraction of sp³-hybridized carbons (Fsp3) is 0.562. The van der Waals surface area contributed by atoms with E-state index in [2.05, 4.69) is 5.32 Å². The second-order valence-corrected chi connectivity index (χ2v) is 5.23. The Hall–Kier alpha value is -1.75. The van der Waals surface area contributed by atoms with Gasteiger partial charge < -0.3 is 19.5 Å². The highest BCUT2D eigenvalue weighted by atomic mass is 16.5. The van der Waals surface area contributed by atoms with Gasteiger partial charge in [-0.25, -0.2) is 0 Å². The van der Waals surface area contributed by atoms with Crippen LogP contribution in [0.4, 0.5) is 0 Å². The Bertz CT molecular complexity index is 449. The van der Waals surface area contributed by atoms with Crippen molar-refractivity contribution in [2.75, 3.05) is 34.0 Å². The smallest absolute Gasteiger partial charge is 0.251 e. The number of ether oxygens (including phenoxy) is 3. The van der Waals surface area contributed by atoms with Crippen LogP contribution >= 0.6 is 0 Å². The molecule has 0 atom stereocenters. The highest BCUT2D eigenvalue weighted by Crippen LogP contribution is 2.28. The van der Waals surface area contributed by atoms with Gasteiger partial charge in [0, 0.05) is 31.4 Å².